The summed E-state index contributed by atoms with van der Waals surface area (Å²) in [6.07, 6.45) is 0. The maximum atomic E-state index is 12.0. The summed E-state index contributed by atoms with van der Waals surface area (Å²) in [5.74, 6) is -0.0671. The average molecular weight is 299 g/mol. The maximum absolute atomic E-state index is 12.0. The number of aromatic amines is 1. The fourth-order valence-corrected chi connectivity index (χ4v) is 2.19. The average Bonchev–Trinajstić information content (AvgIpc) is 2.79. The lowest BCUT2D eigenvalue weighted by Gasteiger charge is -2.19. The van der Waals surface area contributed by atoms with Gasteiger partial charge in [0.05, 0.1) is 11.4 Å². The highest BCUT2D eigenvalue weighted by atomic mass is 16.1. The van der Waals surface area contributed by atoms with E-state index in [0.717, 1.165) is 22.6 Å². The van der Waals surface area contributed by atoms with Crippen molar-refractivity contribution in [1.82, 2.24) is 10.2 Å². The zero-order valence-electron chi connectivity index (χ0n) is 14.2. The van der Waals surface area contributed by atoms with E-state index in [0.29, 0.717) is 0 Å². The van der Waals surface area contributed by atoms with Crippen LogP contribution >= 0.6 is 0 Å². The largest absolute Gasteiger partial charge is 0.322 e. The van der Waals surface area contributed by atoms with Gasteiger partial charge in [0.25, 0.3) is 0 Å². The summed E-state index contributed by atoms with van der Waals surface area (Å²) in [4.78, 5) is 12.0. The Hall–Kier alpha value is -2.10. The second-order valence-electron chi connectivity index (χ2n) is 7.04. The van der Waals surface area contributed by atoms with Gasteiger partial charge in [-0.05, 0) is 17.9 Å². The molecule has 0 saturated heterocycles. The maximum Gasteiger partial charge on any atom is 0.227 e. The van der Waals surface area contributed by atoms with Gasteiger partial charge in [-0.2, -0.15) is 5.10 Å². The first-order valence-corrected chi connectivity index (χ1v) is 7.67. The van der Waals surface area contributed by atoms with Crippen molar-refractivity contribution in [3.63, 3.8) is 0 Å². The molecule has 4 heteroatoms. The number of rotatable bonds is 3. The van der Waals surface area contributed by atoms with Gasteiger partial charge in [0.2, 0.25) is 5.91 Å². The molecule has 22 heavy (non-hydrogen) atoms. The second-order valence-corrected chi connectivity index (χ2v) is 7.04. The minimum atomic E-state index is -0.0644. The van der Waals surface area contributed by atoms with Gasteiger partial charge in [0.1, 0.15) is 5.69 Å². The number of carbonyl (C=O) groups is 1. The molecule has 2 aromatic rings. The lowest BCUT2D eigenvalue weighted by molar-refractivity contribution is -0.118. The zero-order valence-corrected chi connectivity index (χ0v) is 14.2. The van der Waals surface area contributed by atoms with Gasteiger partial charge < -0.3 is 5.32 Å². The van der Waals surface area contributed by atoms with Crippen molar-refractivity contribution in [2.24, 2.45) is 5.92 Å². The molecule has 0 bridgehead atoms. The Morgan fingerprint density at radius 3 is 2.27 bits per heavy atom. The van der Waals surface area contributed by atoms with Crippen LogP contribution in [0.25, 0.3) is 11.3 Å². The van der Waals surface area contributed by atoms with Crippen LogP contribution in [0, 0.1) is 12.8 Å². The van der Waals surface area contributed by atoms with Crippen molar-refractivity contribution in [3.8, 4) is 11.3 Å². The number of carbonyl (C=O) groups excluding carboxylic acids is 1. The zero-order chi connectivity index (χ0) is 16.5. The summed E-state index contributed by atoms with van der Waals surface area (Å²) in [7, 11) is 0. The van der Waals surface area contributed by atoms with E-state index in [9.17, 15) is 4.79 Å². The van der Waals surface area contributed by atoms with Gasteiger partial charge in [-0.1, -0.05) is 58.9 Å². The van der Waals surface area contributed by atoms with E-state index in [2.05, 4.69) is 60.6 Å². The molecule has 0 unspecified atom stereocenters. The predicted molar refractivity (Wildman–Crippen MR) is 90.9 cm³/mol. The van der Waals surface area contributed by atoms with Gasteiger partial charge in [0.15, 0.2) is 0 Å². The van der Waals surface area contributed by atoms with E-state index in [1.165, 1.54) is 5.56 Å². The first-order chi connectivity index (χ1) is 10.2. The minimum Gasteiger partial charge on any atom is -0.322 e. The number of nitrogens with one attached hydrogen (secondary N) is 2. The van der Waals surface area contributed by atoms with E-state index in [-0.39, 0.29) is 17.2 Å². The fraction of sp³-hybridized carbons (Fsp3) is 0.444. The number of anilines is 1. The second kappa shape index (κ2) is 5.95. The first kappa shape index (κ1) is 16.3. The standard InChI is InChI=1S/C18H25N3O/c1-11(2)17(22)19-15-12(3)20-21-16(15)13-7-9-14(10-8-13)18(4,5)6/h7-11H,1-6H3,(H,19,22)(H,20,21). The van der Waals surface area contributed by atoms with E-state index in [4.69, 9.17) is 0 Å². The van der Waals surface area contributed by atoms with Gasteiger partial charge in [-0.3, -0.25) is 9.89 Å². The molecule has 2 N–H and O–H groups in total. The van der Waals surface area contributed by atoms with Crippen LogP contribution in [0.2, 0.25) is 0 Å². The van der Waals surface area contributed by atoms with E-state index >= 15 is 0 Å². The number of hydrogen-bond acceptors (Lipinski definition) is 2. The van der Waals surface area contributed by atoms with Crippen molar-refractivity contribution in [2.75, 3.05) is 5.32 Å². The molecule has 0 aliphatic carbocycles. The van der Waals surface area contributed by atoms with Crippen LogP contribution in [-0.4, -0.2) is 16.1 Å². The highest BCUT2D eigenvalue weighted by Gasteiger charge is 2.18. The Morgan fingerprint density at radius 2 is 1.77 bits per heavy atom. The van der Waals surface area contributed by atoms with Crippen LogP contribution < -0.4 is 5.32 Å². The Morgan fingerprint density at radius 1 is 1.18 bits per heavy atom. The SMILES string of the molecule is Cc1[nH]nc(-c2ccc(C(C)(C)C)cc2)c1NC(=O)C(C)C. The van der Waals surface area contributed by atoms with Crippen LogP contribution in [0.15, 0.2) is 24.3 Å². The van der Waals surface area contributed by atoms with Crippen LogP contribution in [0.4, 0.5) is 5.69 Å². The Kier molecular flexibility index (Phi) is 4.40. The normalized spacial score (nSPS) is 11.8. The van der Waals surface area contributed by atoms with Gasteiger partial charge in [-0.25, -0.2) is 0 Å². The predicted octanol–water partition coefficient (Wildman–Crippen LogP) is 4.28. The van der Waals surface area contributed by atoms with Crippen molar-refractivity contribution in [1.29, 1.82) is 0 Å². The lowest BCUT2D eigenvalue weighted by atomic mass is 9.86. The summed E-state index contributed by atoms with van der Waals surface area (Å²) < 4.78 is 0. The third-order valence-electron chi connectivity index (χ3n) is 3.74. The molecule has 0 saturated carbocycles. The number of nitrogens with zero attached hydrogens (tertiary/aromatic N) is 1. The third kappa shape index (κ3) is 3.38. The molecule has 1 aromatic heterocycles. The molecular weight excluding hydrogens is 274 g/mol. The van der Waals surface area contributed by atoms with Crippen LogP contribution in [0.3, 0.4) is 0 Å². The summed E-state index contributed by atoms with van der Waals surface area (Å²) in [5.41, 5.74) is 4.81. The molecule has 0 aliphatic rings. The van der Waals surface area contributed by atoms with Crippen LogP contribution in [0.5, 0.6) is 0 Å². The molecule has 0 fully saturated rings. The Bertz CT molecular complexity index is 661. The molecule has 0 spiro atoms. The first-order valence-electron chi connectivity index (χ1n) is 7.67. The molecule has 2 rings (SSSR count). The van der Waals surface area contributed by atoms with Crippen molar-refractivity contribution in [3.05, 3.63) is 35.5 Å². The number of hydrogen-bond donors (Lipinski definition) is 2. The minimum absolute atomic E-state index is 0.00272. The number of amides is 1. The molecular formula is C18H25N3O. The van der Waals surface area contributed by atoms with Gasteiger partial charge in [-0.15, -0.1) is 0 Å². The van der Waals surface area contributed by atoms with Crippen molar-refractivity contribution >= 4 is 11.6 Å². The number of aromatic nitrogens is 2. The van der Waals surface area contributed by atoms with Crippen molar-refractivity contribution < 1.29 is 4.79 Å². The van der Waals surface area contributed by atoms with Gasteiger partial charge in [0, 0.05) is 11.5 Å². The topological polar surface area (TPSA) is 57.8 Å². The van der Waals surface area contributed by atoms with E-state index < -0.39 is 0 Å². The fourth-order valence-electron chi connectivity index (χ4n) is 2.19. The van der Waals surface area contributed by atoms with Crippen molar-refractivity contribution in [2.45, 2.75) is 47.0 Å². The molecule has 118 valence electrons. The third-order valence-corrected chi connectivity index (χ3v) is 3.74. The summed E-state index contributed by atoms with van der Waals surface area (Å²) in [5, 5.41) is 10.3. The molecule has 4 nitrogen and oxygen atoms in total. The molecule has 1 aromatic carbocycles. The summed E-state index contributed by atoms with van der Waals surface area (Å²) >= 11 is 0. The molecule has 1 amide bonds. The molecule has 1 heterocycles. The monoisotopic (exact) mass is 299 g/mol. The molecule has 0 atom stereocenters. The molecule has 0 radical (unpaired) electrons. The number of H-pyrrole nitrogens is 1. The summed E-state index contributed by atoms with van der Waals surface area (Å²) in [6, 6.07) is 8.35. The van der Waals surface area contributed by atoms with Gasteiger partial charge >= 0.3 is 0 Å². The van der Waals surface area contributed by atoms with E-state index in [1.807, 2.05) is 20.8 Å². The van der Waals surface area contributed by atoms with Crippen LogP contribution in [-0.2, 0) is 10.2 Å². The number of aryl methyl sites for hydroxylation is 1. The molecule has 0 aliphatic heterocycles. The van der Waals surface area contributed by atoms with E-state index in [1.54, 1.807) is 0 Å². The smallest absolute Gasteiger partial charge is 0.227 e. The summed E-state index contributed by atoms with van der Waals surface area (Å²) in [6.45, 7) is 12.2. The highest BCUT2D eigenvalue weighted by molar-refractivity contribution is 5.96. The quantitative estimate of drug-likeness (QED) is 0.889. The lowest BCUT2D eigenvalue weighted by Crippen LogP contribution is -2.18. The number of benzene rings is 1. The highest BCUT2D eigenvalue weighted by Crippen LogP contribution is 2.31. The van der Waals surface area contributed by atoms with Crippen LogP contribution in [0.1, 0.15) is 45.9 Å². The Balaban J connectivity index is 2.35. The Labute approximate surface area is 132 Å².